The third-order valence-corrected chi connectivity index (χ3v) is 2.41. The predicted octanol–water partition coefficient (Wildman–Crippen LogP) is 1.57. The van der Waals surface area contributed by atoms with Crippen molar-refractivity contribution in [2.24, 2.45) is 5.92 Å². The maximum atomic E-state index is 11.1. The average molecular weight is 168 g/mol. The van der Waals surface area contributed by atoms with Gasteiger partial charge in [0.15, 0.2) is 0 Å². The van der Waals surface area contributed by atoms with Gasteiger partial charge in [0.05, 0.1) is 6.04 Å². The Bertz CT molecular complexity index is 221. The lowest BCUT2D eigenvalue weighted by molar-refractivity contribution is 0.197. The molecule has 1 N–H and O–H groups in total. The first-order chi connectivity index (χ1) is 5.54. The van der Waals surface area contributed by atoms with E-state index in [-0.39, 0.29) is 12.1 Å². The van der Waals surface area contributed by atoms with Crippen molar-refractivity contribution in [3.63, 3.8) is 0 Å². The summed E-state index contributed by atoms with van der Waals surface area (Å²) in [5, 5.41) is 2.72. The summed E-state index contributed by atoms with van der Waals surface area (Å²) >= 11 is 0. The van der Waals surface area contributed by atoms with Gasteiger partial charge in [0.1, 0.15) is 0 Å². The molecule has 0 aromatic heterocycles. The normalized spacial score (nSPS) is 24.1. The number of carbonyl (C=O) groups excluding carboxylic acids is 1. The number of nitrogens with zero attached hydrogens (tertiary/aromatic N) is 1. The number of hydrogen-bond donors (Lipinski definition) is 1. The Kier molecular flexibility index (Phi) is 2.40. The molecule has 1 rings (SSSR count). The van der Waals surface area contributed by atoms with Crippen molar-refractivity contribution in [3.8, 4) is 0 Å². The molecule has 0 unspecified atom stereocenters. The molecule has 12 heavy (non-hydrogen) atoms. The van der Waals surface area contributed by atoms with Crippen LogP contribution in [-0.2, 0) is 0 Å². The molecule has 0 aromatic rings. The summed E-state index contributed by atoms with van der Waals surface area (Å²) in [6.45, 7) is 6.31. The Morgan fingerprint density at radius 1 is 1.58 bits per heavy atom. The Morgan fingerprint density at radius 2 is 2.17 bits per heavy atom. The van der Waals surface area contributed by atoms with Crippen molar-refractivity contribution in [2.75, 3.05) is 7.05 Å². The largest absolute Gasteiger partial charge is 0.321 e. The van der Waals surface area contributed by atoms with Crippen LogP contribution in [0.4, 0.5) is 4.79 Å². The molecule has 3 heteroatoms. The van der Waals surface area contributed by atoms with Gasteiger partial charge in [-0.05, 0) is 18.4 Å². The third kappa shape index (κ3) is 1.44. The summed E-state index contributed by atoms with van der Waals surface area (Å²) in [6, 6.07) is 0.200. The van der Waals surface area contributed by atoms with E-state index in [0.717, 1.165) is 0 Å². The molecule has 0 aliphatic carbocycles. The van der Waals surface area contributed by atoms with Crippen LogP contribution in [-0.4, -0.2) is 24.0 Å². The second-order valence-electron chi connectivity index (χ2n) is 3.54. The van der Waals surface area contributed by atoms with Crippen LogP contribution >= 0.6 is 0 Å². The fourth-order valence-electron chi connectivity index (χ4n) is 1.42. The lowest BCUT2D eigenvalue weighted by Gasteiger charge is -2.32. The smallest absolute Gasteiger partial charge is 0.321 e. The first-order valence-electron chi connectivity index (χ1n) is 4.27. The summed E-state index contributed by atoms with van der Waals surface area (Å²) in [6.07, 6.45) is 1.83. The molecular weight excluding hydrogens is 152 g/mol. The van der Waals surface area contributed by atoms with Gasteiger partial charge in [-0.2, -0.15) is 0 Å². The van der Waals surface area contributed by atoms with E-state index in [1.165, 1.54) is 5.57 Å². The summed E-state index contributed by atoms with van der Waals surface area (Å²) in [7, 11) is 1.81. The first kappa shape index (κ1) is 9.10. The highest BCUT2D eigenvalue weighted by Crippen LogP contribution is 2.19. The zero-order chi connectivity index (χ0) is 9.30. The van der Waals surface area contributed by atoms with Crippen molar-refractivity contribution in [3.05, 3.63) is 11.8 Å². The van der Waals surface area contributed by atoms with Crippen LogP contribution in [0.5, 0.6) is 0 Å². The fraction of sp³-hybridized carbons (Fsp3) is 0.667. The van der Waals surface area contributed by atoms with Crippen LogP contribution in [0.25, 0.3) is 0 Å². The average Bonchev–Trinajstić information content (AvgIpc) is 2.00. The first-order valence-corrected chi connectivity index (χ1v) is 4.27. The summed E-state index contributed by atoms with van der Waals surface area (Å²) in [5.74, 6) is 0.489. The zero-order valence-electron chi connectivity index (χ0n) is 8.09. The molecule has 0 saturated carbocycles. The lowest BCUT2D eigenvalue weighted by Crippen LogP contribution is -2.46. The van der Waals surface area contributed by atoms with Gasteiger partial charge in [-0.1, -0.05) is 13.8 Å². The van der Waals surface area contributed by atoms with Crippen molar-refractivity contribution in [2.45, 2.75) is 26.8 Å². The molecule has 1 aliphatic heterocycles. The molecule has 0 saturated heterocycles. The zero-order valence-corrected chi connectivity index (χ0v) is 8.09. The van der Waals surface area contributed by atoms with Gasteiger partial charge >= 0.3 is 6.03 Å². The van der Waals surface area contributed by atoms with Gasteiger partial charge in [-0.3, -0.25) is 0 Å². The van der Waals surface area contributed by atoms with Gasteiger partial charge in [-0.25, -0.2) is 4.79 Å². The molecule has 0 spiro atoms. The topological polar surface area (TPSA) is 32.3 Å². The van der Waals surface area contributed by atoms with Crippen LogP contribution in [0, 0.1) is 5.92 Å². The van der Waals surface area contributed by atoms with E-state index in [9.17, 15) is 4.79 Å². The van der Waals surface area contributed by atoms with E-state index < -0.39 is 0 Å². The molecule has 1 atom stereocenters. The highest BCUT2D eigenvalue weighted by atomic mass is 16.2. The van der Waals surface area contributed by atoms with Gasteiger partial charge in [0.25, 0.3) is 0 Å². The predicted molar refractivity (Wildman–Crippen MR) is 48.7 cm³/mol. The Hall–Kier alpha value is -0.990. The molecule has 0 fully saturated rings. The molecule has 2 amide bonds. The maximum Gasteiger partial charge on any atom is 0.321 e. The molecular formula is C9H16N2O. The van der Waals surface area contributed by atoms with E-state index in [0.29, 0.717) is 5.92 Å². The number of rotatable bonds is 1. The number of nitrogens with one attached hydrogen (secondary N) is 1. The van der Waals surface area contributed by atoms with E-state index in [1.807, 2.05) is 20.2 Å². The van der Waals surface area contributed by atoms with Crippen LogP contribution < -0.4 is 5.32 Å². The van der Waals surface area contributed by atoms with Crippen molar-refractivity contribution in [1.82, 2.24) is 10.2 Å². The monoisotopic (exact) mass is 168 g/mol. The SMILES string of the molecule is CC(C)C1=CNC(=O)N(C)[C@@H]1C. The molecule has 68 valence electrons. The van der Waals surface area contributed by atoms with Gasteiger partial charge in [-0.15, -0.1) is 0 Å². The summed E-state index contributed by atoms with van der Waals surface area (Å²) in [5.41, 5.74) is 1.28. The van der Waals surface area contributed by atoms with Crippen LogP contribution in [0.1, 0.15) is 20.8 Å². The minimum Gasteiger partial charge on any atom is -0.321 e. The quantitative estimate of drug-likeness (QED) is 0.633. The van der Waals surface area contributed by atoms with Crippen LogP contribution in [0.15, 0.2) is 11.8 Å². The second kappa shape index (κ2) is 3.17. The van der Waals surface area contributed by atoms with Gasteiger partial charge < -0.3 is 10.2 Å². The van der Waals surface area contributed by atoms with Crippen molar-refractivity contribution >= 4 is 6.03 Å². The van der Waals surface area contributed by atoms with Gasteiger partial charge in [0.2, 0.25) is 0 Å². The molecule has 1 heterocycles. The van der Waals surface area contributed by atoms with Crippen molar-refractivity contribution < 1.29 is 4.79 Å². The summed E-state index contributed by atoms with van der Waals surface area (Å²) < 4.78 is 0. The third-order valence-electron chi connectivity index (χ3n) is 2.41. The summed E-state index contributed by atoms with van der Waals surface area (Å²) in [4.78, 5) is 12.9. The van der Waals surface area contributed by atoms with E-state index in [4.69, 9.17) is 0 Å². The van der Waals surface area contributed by atoms with Crippen molar-refractivity contribution in [1.29, 1.82) is 0 Å². The minimum atomic E-state index is -0.0214. The molecule has 1 aliphatic rings. The van der Waals surface area contributed by atoms with Crippen LogP contribution in [0.3, 0.4) is 0 Å². The maximum absolute atomic E-state index is 11.1. The molecule has 0 radical (unpaired) electrons. The molecule has 3 nitrogen and oxygen atoms in total. The highest BCUT2D eigenvalue weighted by Gasteiger charge is 2.24. The number of amides is 2. The number of urea groups is 1. The van der Waals surface area contributed by atoms with E-state index in [2.05, 4.69) is 19.2 Å². The minimum absolute atomic E-state index is 0.0214. The number of likely N-dealkylation sites (N-methyl/N-ethyl adjacent to an activating group) is 1. The Labute approximate surface area is 73.4 Å². The molecule has 0 aromatic carbocycles. The number of hydrogen-bond acceptors (Lipinski definition) is 1. The Balaban J connectivity index is 2.84. The van der Waals surface area contributed by atoms with Gasteiger partial charge in [0, 0.05) is 13.2 Å². The standard InChI is InChI=1S/C9H16N2O/c1-6(2)8-5-10-9(12)11(4)7(8)3/h5-7H,1-4H3,(H,10,12)/t7-/m1/s1. The lowest BCUT2D eigenvalue weighted by atomic mass is 9.96. The van der Waals surface area contributed by atoms with E-state index >= 15 is 0 Å². The second-order valence-corrected chi connectivity index (χ2v) is 3.54. The highest BCUT2D eigenvalue weighted by molar-refractivity contribution is 5.77. The Morgan fingerprint density at radius 3 is 2.67 bits per heavy atom. The van der Waals surface area contributed by atoms with Crippen LogP contribution in [0.2, 0.25) is 0 Å². The fourth-order valence-corrected chi connectivity index (χ4v) is 1.42. The van der Waals surface area contributed by atoms with E-state index in [1.54, 1.807) is 4.90 Å². The number of carbonyl (C=O) groups is 1. The molecule has 0 bridgehead atoms.